The number of benzene rings is 2. The average Bonchev–Trinajstić information content (AvgIpc) is 2.87. The highest BCUT2D eigenvalue weighted by Gasteiger charge is 2.06. The van der Waals surface area contributed by atoms with Gasteiger partial charge in [-0.15, -0.1) is 0 Å². The Morgan fingerprint density at radius 3 is 2.75 bits per heavy atom. The van der Waals surface area contributed by atoms with Crippen molar-refractivity contribution in [2.75, 3.05) is 5.43 Å². The number of carbonyl (C=O) groups is 1. The van der Waals surface area contributed by atoms with E-state index in [0.29, 0.717) is 10.7 Å². The van der Waals surface area contributed by atoms with Crippen molar-refractivity contribution in [1.29, 1.82) is 0 Å². The van der Waals surface area contributed by atoms with Crippen LogP contribution in [0.1, 0.15) is 15.9 Å². The molecule has 1 amide bonds. The van der Waals surface area contributed by atoms with Crippen LogP contribution in [0.5, 0.6) is 0 Å². The maximum Gasteiger partial charge on any atom is 0.269 e. The third kappa shape index (κ3) is 2.62. The van der Waals surface area contributed by atoms with Gasteiger partial charge in [-0.05, 0) is 36.8 Å². The van der Waals surface area contributed by atoms with Gasteiger partial charge in [0.15, 0.2) is 0 Å². The van der Waals surface area contributed by atoms with E-state index < -0.39 is 0 Å². The van der Waals surface area contributed by atoms with Crippen LogP contribution in [0.4, 0.5) is 5.13 Å². The lowest BCUT2D eigenvalue weighted by atomic mass is 10.2. The zero-order valence-electron chi connectivity index (χ0n) is 10.9. The Labute approximate surface area is 120 Å². The zero-order chi connectivity index (χ0) is 13.9. The average molecular weight is 283 g/mol. The van der Waals surface area contributed by atoms with Crippen LogP contribution in [0.15, 0.2) is 48.5 Å². The number of rotatable bonds is 3. The van der Waals surface area contributed by atoms with Gasteiger partial charge in [0, 0.05) is 5.56 Å². The molecule has 3 aromatic rings. The van der Waals surface area contributed by atoms with E-state index in [1.165, 1.54) is 16.9 Å². The van der Waals surface area contributed by atoms with Crippen LogP contribution in [0.2, 0.25) is 0 Å². The fourth-order valence-corrected chi connectivity index (χ4v) is 2.77. The van der Waals surface area contributed by atoms with Crippen LogP contribution in [0.3, 0.4) is 0 Å². The highest BCUT2D eigenvalue weighted by molar-refractivity contribution is 7.22. The Morgan fingerprint density at radius 1 is 1.15 bits per heavy atom. The number of nitrogens with zero attached hydrogens (tertiary/aromatic N) is 1. The molecule has 3 rings (SSSR count). The molecule has 2 aromatic carbocycles. The summed E-state index contributed by atoms with van der Waals surface area (Å²) in [5, 5.41) is 0.676. The van der Waals surface area contributed by atoms with Gasteiger partial charge in [0.2, 0.25) is 5.13 Å². The number of aryl methyl sites for hydroxylation is 1. The highest BCUT2D eigenvalue weighted by atomic mass is 32.1. The Bertz CT molecular complexity index is 752. The van der Waals surface area contributed by atoms with Crippen molar-refractivity contribution in [3.8, 4) is 0 Å². The molecule has 0 fully saturated rings. The predicted molar refractivity (Wildman–Crippen MR) is 81.9 cm³/mol. The number of carbonyl (C=O) groups excluding carboxylic acids is 1. The summed E-state index contributed by atoms with van der Waals surface area (Å²) in [5.74, 6) is -0.180. The van der Waals surface area contributed by atoms with Gasteiger partial charge in [0.1, 0.15) is 0 Å². The molecule has 2 N–H and O–H groups in total. The van der Waals surface area contributed by atoms with Crippen molar-refractivity contribution in [3.05, 3.63) is 59.7 Å². The largest absolute Gasteiger partial charge is 0.273 e. The second-order valence-electron chi connectivity index (χ2n) is 4.44. The molecule has 0 radical (unpaired) electrons. The monoisotopic (exact) mass is 283 g/mol. The fraction of sp³-hybridized carbons (Fsp3) is 0.0667. The first kappa shape index (κ1) is 12.6. The Balaban J connectivity index is 1.72. The van der Waals surface area contributed by atoms with Gasteiger partial charge in [-0.3, -0.25) is 15.6 Å². The molecule has 0 atom stereocenters. The summed E-state index contributed by atoms with van der Waals surface area (Å²) < 4.78 is 1.10. The minimum absolute atomic E-state index is 0.180. The summed E-state index contributed by atoms with van der Waals surface area (Å²) in [6.45, 7) is 2.05. The number of amides is 1. The molecule has 1 aromatic heterocycles. The van der Waals surface area contributed by atoms with Crippen LogP contribution < -0.4 is 10.9 Å². The molecule has 5 heteroatoms. The fourth-order valence-electron chi connectivity index (χ4n) is 1.86. The first-order valence-electron chi connectivity index (χ1n) is 6.21. The molecule has 4 nitrogen and oxygen atoms in total. The number of hydrogen-bond donors (Lipinski definition) is 2. The predicted octanol–water partition coefficient (Wildman–Crippen LogP) is 3.36. The number of fused-ring (bicyclic) bond motifs is 1. The molecule has 0 saturated heterocycles. The summed E-state index contributed by atoms with van der Waals surface area (Å²) in [5.41, 5.74) is 8.24. The molecular formula is C15H13N3OS. The topological polar surface area (TPSA) is 54.0 Å². The highest BCUT2D eigenvalue weighted by Crippen LogP contribution is 2.26. The van der Waals surface area contributed by atoms with Crippen molar-refractivity contribution < 1.29 is 4.79 Å². The number of hydrogen-bond acceptors (Lipinski definition) is 4. The van der Waals surface area contributed by atoms with E-state index in [-0.39, 0.29) is 5.91 Å². The molecule has 0 bridgehead atoms. The number of thiazole rings is 1. The van der Waals surface area contributed by atoms with E-state index >= 15 is 0 Å². The first-order chi connectivity index (χ1) is 9.72. The molecule has 20 heavy (non-hydrogen) atoms. The van der Waals surface area contributed by atoms with Gasteiger partial charge in [-0.1, -0.05) is 35.6 Å². The van der Waals surface area contributed by atoms with Gasteiger partial charge in [0.05, 0.1) is 10.2 Å². The molecule has 0 saturated carbocycles. The quantitative estimate of drug-likeness (QED) is 0.725. The molecule has 100 valence electrons. The van der Waals surface area contributed by atoms with Crippen LogP contribution in [-0.2, 0) is 0 Å². The lowest BCUT2D eigenvalue weighted by Gasteiger charge is -2.04. The van der Waals surface area contributed by atoms with E-state index in [1.54, 1.807) is 12.1 Å². The lowest BCUT2D eigenvalue weighted by molar-refractivity contribution is 0.0962. The number of hydrazine groups is 1. The van der Waals surface area contributed by atoms with Crippen molar-refractivity contribution in [1.82, 2.24) is 10.4 Å². The second kappa shape index (κ2) is 5.30. The van der Waals surface area contributed by atoms with E-state index in [2.05, 4.69) is 21.9 Å². The maximum absolute atomic E-state index is 11.9. The number of anilines is 1. The molecule has 0 aliphatic rings. The summed E-state index contributed by atoms with van der Waals surface area (Å²) in [7, 11) is 0. The summed E-state index contributed by atoms with van der Waals surface area (Å²) in [6.07, 6.45) is 0. The normalized spacial score (nSPS) is 10.4. The molecule has 1 heterocycles. The smallest absolute Gasteiger partial charge is 0.269 e. The maximum atomic E-state index is 11.9. The summed E-state index contributed by atoms with van der Waals surface area (Å²) in [6, 6.07) is 15.1. The van der Waals surface area contributed by atoms with Crippen LogP contribution in [-0.4, -0.2) is 10.9 Å². The van der Waals surface area contributed by atoms with Gasteiger partial charge in [0.25, 0.3) is 5.91 Å². The third-order valence-electron chi connectivity index (χ3n) is 2.86. The van der Waals surface area contributed by atoms with Gasteiger partial charge in [-0.2, -0.15) is 0 Å². The van der Waals surface area contributed by atoms with Crippen LogP contribution in [0.25, 0.3) is 10.2 Å². The molecule has 0 aliphatic heterocycles. The Morgan fingerprint density at radius 2 is 1.95 bits per heavy atom. The minimum Gasteiger partial charge on any atom is -0.273 e. The van der Waals surface area contributed by atoms with E-state index in [1.807, 2.05) is 37.3 Å². The van der Waals surface area contributed by atoms with Crippen molar-refractivity contribution >= 4 is 32.6 Å². The zero-order valence-corrected chi connectivity index (χ0v) is 11.7. The van der Waals surface area contributed by atoms with E-state index in [0.717, 1.165) is 10.2 Å². The molecule has 0 unspecified atom stereocenters. The van der Waals surface area contributed by atoms with Crippen LogP contribution >= 0.6 is 11.3 Å². The molecule has 0 spiro atoms. The molecular weight excluding hydrogens is 270 g/mol. The standard InChI is InChI=1S/C15H13N3OS/c1-10-7-8-12-13(9-10)20-15(16-12)18-17-14(19)11-5-3-2-4-6-11/h2-9H,1H3,(H,16,18)(H,17,19). The second-order valence-corrected chi connectivity index (χ2v) is 5.47. The minimum atomic E-state index is -0.180. The Kier molecular flexibility index (Phi) is 3.35. The SMILES string of the molecule is Cc1ccc2nc(NNC(=O)c3ccccc3)sc2c1. The van der Waals surface area contributed by atoms with Gasteiger partial charge < -0.3 is 0 Å². The van der Waals surface area contributed by atoms with Gasteiger partial charge >= 0.3 is 0 Å². The van der Waals surface area contributed by atoms with E-state index in [9.17, 15) is 4.79 Å². The van der Waals surface area contributed by atoms with Crippen molar-refractivity contribution in [3.63, 3.8) is 0 Å². The third-order valence-corrected chi connectivity index (χ3v) is 3.80. The van der Waals surface area contributed by atoms with Crippen LogP contribution in [0, 0.1) is 6.92 Å². The first-order valence-corrected chi connectivity index (χ1v) is 7.02. The van der Waals surface area contributed by atoms with Crippen molar-refractivity contribution in [2.24, 2.45) is 0 Å². The van der Waals surface area contributed by atoms with Gasteiger partial charge in [-0.25, -0.2) is 4.98 Å². The van der Waals surface area contributed by atoms with Crippen molar-refractivity contribution in [2.45, 2.75) is 6.92 Å². The molecule has 0 aliphatic carbocycles. The summed E-state index contributed by atoms with van der Waals surface area (Å²) >= 11 is 1.51. The number of nitrogens with one attached hydrogen (secondary N) is 2. The Hall–Kier alpha value is -2.40. The number of aromatic nitrogens is 1. The van der Waals surface area contributed by atoms with E-state index in [4.69, 9.17) is 0 Å². The summed E-state index contributed by atoms with van der Waals surface area (Å²) in [4.78, 5) is 16.3. The lowest BCUT2D eigenvalue weighted by Crippen LogP contribution is -2.29.